The average Bonchev–Trinajstić information content (AvgIpc) is 2.12. The molecule has 0 aliphatic heterocycles. The molecule has 4 N–H and O–H groups in total. The zero-order valence-electron chi connectivity index (χ0n) is 11.8. The zero-order valence-corrected chi connectivity index (χ0v) is 11.8. The van der Waals surface area contributed by atoms with Crippen LogP contribution in [0, 0.1) is 5.92 Å². The highest BCUT2D eigenvalue weighted by molar-refractivity contribution is 4.84. The first-order valence-electron chi connectivity index (χ1n) is 6.29. The summed E-state index contributed by atoms with van der Waals surface area (Å²) in [5.41, 5.74) is 11.7. The Kier molecular flexibility index (Phi) is 5.94. The summed E-state index contributed by atoms with van der Waals surface area (Å²) < 4.78 is 5.93. The van der Waals surface area contributed by atoms with Crippen molar-refractivity contribution in [2.24, 2.45) is 17.4 Å². The van der Waals surface area contributed by atoms with E-state index in [1.54, 1.807) is 0 Å². The van der Waals surface area contributed by atoms with Crippen LogP contribution in [0.5, 0.6) is 0 Å². The van der Waals surface area contributed by atoms with Crippen molar-refractivity contribution >= 4 is 0 Å². The Bertz CT molecular complexity index is 200. The van der Waals surface area contributed by atoms with Crippen LogP contribution >= 0.6 is 0 Å². The lowest BCUT2D eigenvalue weighted by Gasteiger charge is -2.34. The molecule has 0 saturated carbocycles. The Balaban J connectivity index is 4.14. The number of hydrogen-bond acceptors (Lipinski definition) is 3. The first-order chi connectivity index (χ1) is 7.10. The van der Waals surface area contributed by atoms with Gasteiger partial charge in [-0.2, -0.15) is 0 Å². The molecule has 0 amide bonds. The normalized spacial score (nSPS) is 20.2. The predicted molar refractivity (Wildman–Crippen MR) is 70.3 cm³/mol. The standard InChI is InChI=1S/C13H30N2O/c1-7-13(6,15)10(2)9-16-12(4,5)8-11(3)14/h10-11H,7-9,14-15H2,1-6H3. The fourth-order valence-corrected chi connectivity index (χ4v) is 1.72. The second kappa shape index (κ2) is 5.99. The minimum Gasteiger partial charge on any atom is -0.375 e. The molecule has 0 fully saturated rings. The van der Waals surface area contributed by atoms with E-state index in [9.17, 15) is 0 Å². The van der Waals surface area contributed by atoms with Crippen LogP contribution in [0.2, 0.25) is 0 Å². The molecule has 0 aliphatic carbocycles. The quantitative estimate of drug-likeness (QED) is 0.705. The molecule has 0 saturated heterocycles. The molecule has 0 spiro atoms. The molecule has 3 atom stereocenters. The van der Waals surface area contributed by atoms with Crippen molar-refractivity contribution in [1.29, 1.82) is 0 Å². The first kappa shape index (κ1) is 15.9. The van der Waals surface area contributed by atoms with Crippen molar-refractivity contribution in [2.75, 3.05) is 6.61 Å². The summed E-state index contributed by atoms with van der Waals surface area (Å²) in [7, 11) is 0. The number of nitrogens with two attached hydrogens (primary N) is 2. The number of ether oxygens (including phenoxy) is 1. The predicted octanol–water partition coefficient (Wildman–Crippen LogP) is 2.28. The maximum Gasteiger partial charge on any atom is 0.0641 e. The van der Waals surface area contributed by atoms with E-state index in [-0.39, 0.29) is 17.2 Å². The van der Waals surface area contributed by atoms with Gasteiger partial charge < -0.3 is 16.2 Å². The Morgan fingerprint density at radius 1 is 1.19 bits per heavy atom. The number of rotatable bonds is 7. The van der Waals surface area contributed by atoms with Crippen LogP contribution in [0.15, 0.2) is 0 Å². The molecule has 98 valence electrons. The molecule has 0 bridgehead atoms. The van der Waals surface area contributed by atoms with E-state index in [0.29, 0.717) is 12.5 Å². The minimum atomic E-state index is -0.160. The molecular weight excluding hydrogens is 200 g/mol. The van der Waals surface area contributed by atoms with Crippen molar-refractivity contribution in [3.8, 4) is 0 Å². The molecular formula is C13H30N2O. The van der Waals surface area contributed by atoms with E-state index in [2.05, 4.69) is 34.6 Å². The van der Waals surface area contributed by atoms with Gasteiger partial charge in [-0.1, -0.05) is 13.8 Å². The van der Waals surface area contributed by atoms with E-state index in [1.165, 1.54) is 0 Å². The molecule has 3 unspecified atom stereocenters. The van der Waals surface area contributed by atoms with Crippen molar-refractivity contribution in [2.45, 2.75) is 71.6 Å². The number of hydrogen-bond donors (Lipinski definition) is 2. The van der Waals surface area contributed by atoms with Crippen molar-refractivity contribution < 1.29 is 4.74 Å². The molecule has 16 heavy (non-hydrogen) atoms. The fourth-order valence-electron chi connectivity index (χ4n) is 1.72. The van der Waals surface area contributed by atoms with Crippen LogP contribution in [0.3, 0.4) is 0 Å². The summed E-state index contributed by atoms with van der Waals surface area (Å²) in [4.78, 5) is 0. The van der Waals surface area contributed by atoms with Gasteiger partial charge in [0.15, 0.2) is 0 Å². The lowest BCUT2D eigenvalue weighted by molar-refractivity contribution is -0.0507. The monoisotopic (exact) mass is 230 g/mol. The zero-order chi connectivity index (χ0) is 13.0. The van der Waals surface area contributed by atoms with E-state index in [1.807, 2.05) is 6.92 Å². The van der Waals surface area contributed by atoms with Gasteiger partial charge in [-0.25, -0.2) is 0 Å². The summed E-state index contributed by atoms with van der Waals surface area (Å²) in [6.45, 7) is 13.2. The largest absolute Gasteiger partial charge is 0.375 e. The Hall–Kier alpha value is -0.120. The van der Waals surface area contributed by atoms with E-state index in [4.69, 9.17) is 16.2 Å². The van der Waals surface area contributed by atoms with Crippen LogP contribution in [-0.2, 0) is 4.74 Å². The highest BCUT2D eigenvalue weighted by Gasteiger charge is 2.27. The first-order valence-corrected chi connectivity index (χ1v) is 6.29. The highest BCUT2D eigenvalue weighted by Crippen LogP contribution is 2.22. The van der Waals surface area contributed by atoms with Crippen molar-refractivity contribution in [3.05, 3.63) is 0 Å². The van der Waals surface area contributed by atoms with Gasteiger partial charge in [0.05, 0.1) is 12.2 Å². The lowest BCUT2D eigenvalue weighted by Crippen LogP contribution is -2.45. The summed E-state index contributed by atoms with van der Waals surface area (Å²) in [5, 5.41) is 0. The van der Waals surface area contributed by atoms with Crippen molar-refractivity contribution in [3.63, 3.8) is 0 Å². The van der Waals surface area contributed by atoms with Crippen LogP contribution in [0.1, 0.15) is 54.4 Å². The maximum absolute atomic E-state index is 6.19. The third kappa shape index (κ3) is 5.83. The van der Waals surface area contributed by atoms with Gasteiger partial charge in [0.25, 0.3) is 0 Å². The summed E-state index contributed by atoms with van der Waals surface area (Å²) in [6, 6.07) is 0.167. The lowest BCUT2D eigenvalue weighted by atomic mass is 9.86. The van der Waals surface area contributed by atoms with Gasteiger partial charge in [-0.3, -0.25) is 0 Å². The van der Waals surface area contributed by atoms with Gasteiger partial charge in [0.1, 0.15) is 0 Å². The van der Waals surface area contributed by atoms with E-state index in [0.717, 1.165) is 12.8 Å². The SMILES string of the molecule is CCC(C)(N)C(C)COC(C)(C)CC(C)N. The Morgan fingerprint density at radius 2 is 1.69 bits per heavy atom. The van der Waals surface area contributed by atoms with E-state index < -0.39 is 0 Å². The smallest absolute Gasteiger partial charge is 0.0641 e. The van der Waals surface area contributed by atoms with Gasteiger partial charge in [0, 0.05) is 11.6 Å². The average molecular weight is 230 g/mol. The second-order valence-corrected chi connectivity index (χ2v) is 6.01. The Labute approximate surface area is 101 Å². The molecule has 3 heteroatoms. The molecule has 0 radical (unpaired) electrons. The van der Waals surface area contributed by atoms with Gasteiger partial charge >= 0.3 is 0 Å². The molecule has 0 rings (SSSR count). The molecule has 3 nitrogen and oxygen atoms in total. The highest BCUT2D eigenvalue weighted by atomic mass is 16.5. The summed E-state index contributed by atoms with van der Waals surface area (Å²) >= 11 is 0. The summed E-state index contributed by atoms with van der Waals surface area (Å²) in [6.07, 6.45) is 1.83. The molecule has 0 aliphatic rings. The molecule has 0 aromatic heterocycles. The third-order valence-electron chi connectivity index (χ3n) is 3.43. The summed E-state index contributed by atoms with van der Waals surface area (Å²) in [5.74, 6) is 0.352. The second-order valence-electron chi connectivity index (χ2n) is 6.01. The van der Waals surface area contributed by atoms with Gasteiger partial charge in [-0.05, 0) is 46.5 Å². The topological polar surface area (TPSA) is 61.3 Å². The van der Waals surface area contributed by atoms with Crippen LogP contribution in [0.25, 0.3) is 0 Å². The molecule has 0 aromatic carbocycles. The Morgan fingerprint density at radius 3 is 2.06 bits per heavy atom. The van der Waals surface area contributed by atoms with Gasteiger partial charge in [0.2, 0.25) is 0 Å². The minimum absolute atomic E-state index is 0.148. The molecule has 0 aromatic rings. The third-order valence-corrected chi connectivity index (χ3v) is 3.43. The molecule has 0 heterocycles. The van der Waals surface area contributed by atoms with Gasteiger partial charge in [-0.15, -0.1) is 0 Å². The van der Waals surface area contributed by atoms with Crippen LogP contribution in [0.4, 0.5) is 0 Å². The van der Waals surface area contributed by atoms with Crippen LogP contribution in [-0.4, -0.2) is 23.8 Å². The van der Waals surface area contributed by atoms with Crippen LogP contribution < -0.4 is 11.5 Å². The van der Waals surface area contributed by atoms with Crippen molar-refractivity contribution in [1.82, 2.24) is 0 Å². The maximum atomic E-state index is 6.19. The fraction of sp³-hybridized carbons (Fsp3) is 1.00. The van der Waals surface area contributed by atoms with E-state index >= 15 is 0 Å².